The van der Waals surface area contributed by atoms with Crippen molar-refractivity contribution < 1.29 is 14.3 Å². The van der Waals surface area contributed by atoms with Crippen molar-refractivity contribution in [1.82, 2.24) is 0 Å². The molecule has 0 saturated carbocycles. The monoisotopic (exact) mass is 391 g/mol. The van der Waals surface area contributed by atoms with Crippen LogP contribution >= 0.6 is 15.9 Å². The van der Waals surface area contributed by atoms with E-state index >= 15 is 0 Å². The average molecular weight is 392 g/mol. The Hall–Kier alpha value is -2.01. The number of carbonyl (C=O) groups is 1. The van der Waals surface area contributed by atoms with Crippen LogP contribution in [0.5, 0.6) is 5.75 Å². The number of rotatable bonds is 5. The first-order valence-electron chi connectivity index (χ1n) is 7.81. The summed E-state index contributed by atoms with van der Waals surface area (Å²) in [5.74, 6) is 0.785. The van der Waals surface area contributed by atoms with E-state index in [4.69, 9.17) is 9.47 Å². The van der Waals surface area contributed by atoms with Gasteiger partial charge in [0.15, 0.2) is 0 Å². The highest BCUT2D eigenvalue weighted by atomic mass is 79.9. The summed E-state index contributed by atoms with van der Waals surface area (Å²) in [5.41, 5.74) is 5.17. The SMILES string of the molecule is CCc1cccc(NC(=O)OC)c1COc1cc(C)c(C)cc1Br. The predicted molar refractivity (Wildman–Crippen MR) is 99.8 cm³/mol. The van der Waals surface area contributed by atoms with Crippen LogP contribution in [-0.4, -0.2) is 13.2 Å². The number of amides is 1. The standard InChI is InChI=1S/C19H22BrNO3/c1-5-14-7-6-8-17(21-19(22)23-4)15(14)11-24-18-10-13(3)12(2)9-16(18)20/h6-10H,5,11H2,1-4H3,(H,21,22). The lowest BCUT2D eigenvalue weighted by Gasteiger charge is -2.16. The summed E-state index contributed by atoms with van der Waals surface area (Å²) < 4.78 is 11.6. The highest BCUT2D eigenvalue weighted by Gasteiger charge is 2.12. The summed E-state index contributed by atoms with van der Waals surface area (Å²) in [6.07, 6.45) is 0.362. The molecule has 2 aromatic carbocycles. The molecule has 0 aliphatic carbocycles. The van der Waals surface area contributed by atoms with Crippen LogP contribution in [0.1, 0.15) is 29.2 Å². The third-order valence-electron chi connectivity index (χ3n) is 4.00. The van der Waals surface area contributed by atoms with Crippen molar-refractivity contribution in [2.24, 2.45) is 0 Å². The topological polar surface area (TPSA) is 47.6 Å². The maximum absolute atomic E-state index is 11.6. The molecule has 2 aromatic rings. The fourth-order valence-electron chi connectivity index (χ4n) is 2.43. The van der Waals surface area contributed by atoms with Crippen LogP contribution in [0.4, 0.5) is 10.5 Å². The minimum atomic E-state index is -0.489. The molecular weight excluding hydrogens is 370 g/mol. The molecule has 0 aliphatic heterocycles. The molecule has 4 nitrogen and oxygen atoms in total. The number of halogens is 1. The molecule has 0 spiro atoms. The lowest BCUT2D eigenvalue weighted by atomic mass is 10.0. The normalized spacial score (nSPS) is 10.4. The third kappa shape index (κ3) is 4.29. The number of anilines is 1. The molecule has 0 atom stereocenters. The van der Waals surface area contributed by atoms with E-state index < -0.39 is 6.09 Å². The number of methoxy groups -OCH3 is 1. The number of nitrogens with one attached hydrogen (secondary N) is 1. The fourth-order valence-corrected chi connectivity index (χ4v) is 3.00. The van der Waals surface area contributed by atoms with Gasteiger partial charge in [0.1, 0.15) is 12.4 Å². The van der Waals surface area contributed by atoms with Crippen LogP contribution in [0.2, 0.25) is 0 Å². The lowest BCUT2D eigenvalue weighted by molar-refractivity contribution is 0.187. The first-order chi connectivity index (χ1) is 11.5. The fraction of sp³-hybridized carbons (Fsp3) is 0.316. The van der Waals surface area contributed by atoms with Crippen molar-refractivity contribution in [3.63, 3.8) is 0 Å². The maximum Gasteiger partial charge on any atom is 0.411 e. The van der Waals surface area contributed by atoms with E-state index in [1.54, 1.807) is 0 Å². The lowest BCUT2D eigenvalue weighted by Crippen LogP contribution is -2.14. The second kappa shape index (κ2) is 8.20. The van der Waals surface area contributed by atoms with Gasteiger partial charge < -0.3 is 9.47 Å². The molecule has 1 N–H and O–H groups in total. The van der Waals surface area contributed by atoms with E-state index in [0.29, 0.717) is 12.3 Å². The van der Waals surface area contributed by atoms with Gasteiger partial charge in [-0.15, -0.1) is 0 Å². The average Bonchev–Trinajstić information content (AvgIpc) is 2.57. The molecule has 24 heavy (non-hydrogen) atoms. The van der Waals surface area contributed by atoms with Gasteiger partial charge in [0.25, 0.3) is 0 Å². The minimum Gasteiger partial charge on any atom is -0.488 e. The largest absolute Gasteiger partial charge is 0.488 e. The van der Waals surface area contributed by atoms with Gasteiger partial charge in [0, 0.05) is 5.56 Å². The van der Waals surface area contributed by atoms with Crippen LogP contribution in [0.25, 0.3) is 0 Å². The molecule has 0 aromatic heterocycles. The van der Waals surface area contributed by atoms with Crippen LogP contribution in [-0.2, 0) is 17.8 Å². The predicted octanol–water partition coefficient (Wildman–Crippen LogP) is 5.39. The van der Waals surface area contributed by atoms with E-state index in [1.807, 2.05) is 30.3 Å². The van der Waals surface area contributed by atoms with Gasteiger partial charge in [-0.2, -0.15) is 0 Å². The zero-order valence-corrected chi connectivity index (χ0v) is 16.0. The number of hydrogen-bond acceptors (Lipinski definition) is 3. The van der Waals surface area contributed by atoms with E-state index in [-0.39, 0.29) is 0 Å². The first-order valence-corrected chi connectivity index (χ1v) is 8.60. The molecule has 5 heteroatoms. The van der Waals surface area contributed by atoms with Crippen molar-refractivity contribution in [1.29, 1.82) is 0 Å². The van der Waals surface area contributed by atoms with E-state index in [9.17, 15) is 4.79 Å². The number of carbonyl (C=O) groups excluding carboxylic acids is 1. The van der Waals surface area contributed by atoms with Crippen molar-refractivity contribution in [2.45, 2.75) is 33.8 Å². The summed E-state index contributed by atoms with van der Waals surface area (Å²) in [4.78, 5) is 11.6. The highest BCUT2D eigenvalue weighted by molar-refractivity contribution is 9.10. The van der Waals surface area contributed by atoms with Crippen LogP contribution in [0, 0.1) is 13.8 Å². The Morgan fingerprint density at radius 3 is 2.58 bits per heavy atom. The van der Waals surface area contributed by atoms with Gasteiger partial charge in [-0.3, -0.25) is 5.32 Å². The Labute approximate surface area is 151 Å². The zero-order chi connectivity index (χ0) is 17.7. The van der Waals surface area contributed by atoms with Crippen molar-refractivity contribution in [3.05, 3.63) is 57.1 Å². The smallest absolute Gasteiger partial charge is 0.411 e. The molecule has 1 amide bonds. The summed E-state index contributed by atoms with van der Waals surface area (Å²) in [7, 11) is 1.35. The van der Waals surface area contributed by atoms with Gasteiger partial charge in [0.05, 0.1) is 17.3 Å². The van der Waals surface area contributed by atoms with Gasteiger partial charge >= 0.3 is 6.09 Å². The molecule has 0 fully saturated rings. The number of hydrogen-bond donors (Lipinski definition) is 1. The van der Waals surface area contributed by atoms with Crippen molar-refractivity contribution in [2.75, 3.05) is 12.4 Å². The van der Waals surface area contributed by atoms with Crippen LogP contribution < -0.4 is 10.1 Å². The van der Waals surface area contributed by atoms with Crippen molar-refractivity contribution in [3.8, 4) is 5.75 Å². The molecule has 0 bridgehead atoms. The maximum atomic E-state index is 11.6. The van der Waals surface area contributed by atoms with Gasteiger partial charge in [-0.25, -0.2) is 4.79 Å². The minimum absolute atomic E-state index is 0.366. The molecule has 0 unspecified atom stereocenters. The van der Waals surface area contributed by atoms with Crippen LogP contribution in [0.15, 0.2) is 34.8 Å². The Morgan fingerprint density at radius 1 is 1.21 bits per heavy atom. The number of aryl methyl sites for hydroxylation is 3. The Kier molecular flexibility index (Phi) is 6.26. The van der Waals surface area contributed by atoms with E-state index in [1.165, 1.54) is 18.2 Å². The Balaban J connectivity index is 2.28. The number of ether oxygens (including phenoxy) is 2. The van der Waals surface area contributed by atoms with Gasteiger partial charge in [-0.1, -0.05) is 19.1 Å². The van der Waals surface area contributed by atoms with Crippen molar-refractivity contribution >= 4 is 27.7 Å². The van der Waals surface area contributed by atoms with E-state index in [2.05, 4.69) is 42.0 Å². The first kappa shape index (κ1) is 18.3. The summed E-state index contributed by atoms with van der Waals surface area (Å²) in [5, 5.41) is 2.75. The quantitative estimate of drug-likeness (QED) is 0.743. The third-order valence-corrected chi connectivity index (χ3v) is 4.62. The van der Waals surface area contributed by atoms with Gasteiger partial charge in [-0.05, 0) is 71.1 Å². The molecule has 128 valence electrons. The van der Waals surface area contributed by atoms with E-state index in [0.717, 1.165) is 27.8 Å². The molecule has 2 rings (SSSR count). The summed E-state index contributed by atoms with van der Waals surface area (Å²) in [6, 6.07) is 9.87. The van der Waals surface area contributed by atoms with Gasteiger partial charge in [0.2, 0.25) is 0 Å². The molecule has 0 radical (unpaired) electrons. The van der Waals surface area contributed by atoms with Crippen LogP contribution in [0.3, 0.4) is 0 Å². The Bertz CT molecular complexity index is 744. The Morgan fingerprint density at radius 2 is 1.92 bits per heavy atom. The summed E-state index contributed by atoms with van der Waals surface area (Å²) >= 11 is 3.55. The highest BCUT2D eigenvalue weighted by Crippen LogP contribution is 2.30. The summed E-state index contributed by atoms with van der Waals surface area (Å²) in [6.45, 7) is 6.56. The molecule has 0 aliphatic rings. The zero-order valence-electron chi connectivity index (χ0n) is 14.4. The second-order valence-electron chi connectivity index (χ2n) is 5.57. The molecule has 0 heterocycles. The molecular formula is C19H22BrNO3. The number of benzene rings is 2. The second-order valence-corrected chi connectivity index (χ2v) is 6.42. The molecule has 0 saturated heterocycles.